The van der Waals surface area contributed by atoms with Crippen LogP contribution in [0.3, 0.4) is 0 Å². The highest BCUT2D eigenvalue weighted by atomic mass is 127. The smallest absolute Gasteiger partial charge is 0.192 e. The van der Waals surface area contributed by atoms with Gasteiger partial charge in [0.15, 0.2) is 8.32 Å². The Hall–Kier alpha value is 0.647. The third-order valence-electron chi connectivity index (χ3n) is 2.89. The summed E-state index contributed by atoms with van der Waals surface area (Å²) < 4.78 is 7.15. The molecule has 0 aliphatic carbocycles. The van der Waals surface area contributed by atoms with Crippen LogP contribution in [0.4, 0.5) is 0 Å². The van der Waals surface area contributed by atoms with E-state index >= 15 is 0 Å². The minimum absolute atomic E-state index is 0.317. The van der Waals surface area contributed by atoms with Crippen molar-refractivity contribution in [3.8, 4) is 0 Å². The highest BCUT2D eigenvalue weighted by Crippen LogP contribution is 2.36. The van der Waals surface area contributed by atoms with Crippen molar-refractivity contribution in [3.05, 3.63) is 11.6 Å². The highest BCUT2D eigenvalue weighted by Gasteiger charge is 2.36. The van der Waals surface area contributed by atoms with Gasteiger partial charge >= 0.3 is 0 Å². The van der Waals surface area contributed by atoms with Gasteiger partial charge in [-0.1, -0.05) is 55.0 Å². The first-order chi connectivity index (χ1) is 6.20. The summed E-state index contributed by atoms with van der Waals surface area (Å²) in [5.74, 6) is 0. The maximum atomic E-state index is 6.08. The Morgan fingerprint density at radius 3 is 2.21 bits per heavy atom. The first-order valence-corrected chi connectivity index (χ1v) is 9.49. The molecule has 0 atom stereocenters. The SMILES string of the molecule is C/C(=C\CI)CO[Si](C)(C)C(C)(C)C. The summed E-state index contributed by atoms with van der Waals surface area (Å²) in [5.41, 5.74) is 1.35. The first-order valence-electron chi connectivity index (χ1n) is 5.06. The van der Waals surface area contributed by atoms with Crippen LogP contribution < -0.4 is 0 Å². The Balaban J connectivity index is 4.20. The third-order valence-corrected chi connectivity index (χ3v) is 7.81. The molecule has 14 heavy (non-hydrogen) atoms. The van der Waals surface area contributed by atoms with Crippen LogP contribution in [0.2, 0.25) is 18.1 Å². The highest BCUT2D eigenvalue weighted by molar-refractivity contribution is 14.1. The average molecular weight is 326 g/mol. The zero-order chi connectivity index (χ0) is 11.4. The first kappa shape index (κ1) is 14.6. The molecule has 0 aromatic carbocycles. The third kappa shape index (κ3) is 4.93. The van der Waals surface area contributed by atoms with Gasteiger partial charge in [-0.25, -0.2) is 0 Å². The van der Waals surface area contributed by atoms with Crippen LogP contribution in [0.15, 0.2) is 11.6 Å². The predicted molar refractivity (Wildman–Crippen MR) is 75.8 cm³/mol. The standard InChI is InChI=1S/C11H23IOSi/c1-10(7-8-12)9-13-14(5,6)11(2,3)4/h7H,8-9H2,1-6H3/b10-7+. The topological polar surface area (TPSA) is 9.23 Å². The lowest BCUT2D eigenvalue weighted by Gasteiger charge is -2.36. The van der Waals surface area contributed by atoms with Gasteiger partial charge in [-0.15, -0.1) is 0 Å². The van der Waals surface area contributed by atoms with E-state index in [1.807, 2.05) is 0 Å². The lowest BCUT2D eigenvalue weighted by atomic mass is 10.2. The molecular formula is C11H23IOSi. The van der Waals surface area contributed by atoms with Crippen molar-refractivity contribution in [1.29, 1.82) is 0 Å². The summed E-state index contributed by atoms with van der Waals surface area (Å²) in [6, 6.07) is 0. The molecule has 0 spiro atoms. The van der Waals surface area contributed by atoms with Gasteiger partial charge in [0.1, 0.15) is 0 Å². The van der Waals surface area contributed by atoms with Gasteiger partial charge in [0.2, 0.25) is 0 Å². The monoisotopic (exact) mass is 326 g/mol. The van der Waals surface area contributed by atoms with Gasteiger partial charge in [0, 0.05) is 4.43 Å². The van der Waals surface area contributed by atoms with Gasteiger partial charge in [0.05, 0.1) is 6.61 Å². The van der Waals surface area contributed by atoms with Crippen molar-refractivity contribution in [2.24, 2.45) is 0 Å². The molecule has 0 aliphatic rings. The molecule has 0 bridgehead atoms. The van der Waals surface area contributed by atoms with Crippen molar-refractivity contribution >= 4 is 30.9 Å². The van der Waals surface area contributed by atoms with Gasteiger partial charge < -0.3 is 4.43 Å². The number of alkyl halides is 1. The molecule has 0 heterocycles. The lowest BCUT2D eigenvalue weighted by molar-refractivity contribution is 0.318. The number of hydrogen-bond acceptors (Lipinski definition) is 1. The van der Waals surface area contributed by atoms with Crippen LogP contribution >= 0.6 is 22.6 Å². The second kappa shape index (κ2) is 5.65. The Morgan fingerprint density at radius 2 is 1.86 bits per heavy atom. The molecule has 0 aromatic rings. The van der Waals surface area contributed by atoms with E-state index in [4.69, 9.17) is 4.43 Å². The van der Waals surface area contributed by atoms with Crippen LogP contribution in [-0.2, 0) is 4.43 Å². The van der Waals surface area contributed by atoms with Crippen molar-refractivity contribution in [3.63, 3.8) is 0 Å². The second-order valence-corrected chi connectivity index (χ2v) is 10.9. The summed E-state index contributed by atoms with van der Waals surface area (Å²) >= 11 is 2.36. The molecule has 3 heteroatoms. The molecule has 1 nitrogen and oxygen atoms in total. The summed E-state index contributed by atoms with van der Waals surface area (Å²) in [7, 11) is -1.54. The van der Waals surface area contributed by atoms with Crippen molar-refractivity contribution < 1.29 is 4.43 Å². The molecule has 0 radical (unpaired) electrons. The summed E-state index contributed by atoms with van der Waals surface area (Å²) in [6.07, 6.45) is 2.23. The number of halogens is 1. The van der Waals surface area contributed by atoms with Crippen LogP contribution in [0.25, 0.3) is 0 Å². The van der Waals surface area contributed by atoms with Crippen LogP contribution in [-0.4, -0.2) is 19.4 Å². The van der Waals surface area contributed by atoms with E-state index in [-0.39, 0.29) is 0 Å². The van der Waals surface area contributed by atoms with Crippen molar-refractivity contribution in [2.45, 2.75) is 45.8 Å². The fourth-order valence-electron chi connectivity index (χ4n) is 0.701. The van der Waals surface area contributed by atoms with Crippen LogP contribution in [0.5, 0.6) is 0 Å². The quantitative estimate of drug-likeness (QED) is 0.322. The molecule has 0 amide bonds. The molecule has 84 valence electrons. The van der Waals surface area contributed by atoms with E-state index in [1.165, 1.54) is 5.57 Å². The largest absolute Gasteiger partial charge is 0.413 e. The molecule has 0 unspecified atom stereocenters. The minimum atomic E-state index is -1.54. The Kier molecular flexibility index (Phi) is 5.92. The molecule has 0 fully saturated rings. The summed E-state index contributed by atoms with van der Waals surface area (Å²) in [6.45, 7) is 14.4. The summed E-state index contributed by atoms with van der Waals surface area (Å²) in [5, 5.41) is 0.317. The van der Waals surface area contributed by atoms with Gasteiger partial charge in [-0.2, -0.15) is 0 Å². The summed E-state index contributed by atoms with van der Waals surface area (Å²) in [4.78, 5) is 0. The maximum Gasteiger partial charge on any atom is 0.192 e. The normalized spacial score (nSPS) is 14.6. The zero-order valence-corrected chi connectivity index (χ0v) is 13.4. The van der Waals surface area contributed by atoms with Gasteiger partial charge in [-0.05, 0) is 25.1 Å². The molecule has 0 rings (SSSR count). The van der Waals surface area contributed by atoms with E-state index in [9.17, 15) is 0 Å². The Morgan fingerprint density at radius 1 is 1.36 bits per heavy atom. The predicted octanol–water partition coefficient (Wildman–Crippen LogP) is 4.39. The number of rotatable bonds is 4. The van der Waals surface area contributed by atoms with Crippen molar-refractivity contribution in [1.82, 2.24) is 0 Å². The van der Waals surface area contributed by atoms with Gasteiger partial charge in [-0.3, -0.25) is 0 Å². The second-order valence-electron chi connectivity index (χ2n) is 5.25. The van der Waals surface area contributed by atoms with E-state index < -0.39 is 8.32 Å². The molecule has 0 aliphatic heterocycles. The van der Waals surface area contributed by atoms with Crippen LogP contribution in [0.1, 0.15) is 27.7 Å². The lowest BCUT2D eigenvalue weighted by Crippen LogP contribution is -2.41. The Bertz CT molecular complexity index is 204. The minimum Gasteiger partial charge on any atom is -0.413 e. The van der Waals surface area contributed by atoms with Crippen molar-refractivity contribution in [2.75, 3.05) is 11.0 Å². The molecule has 0 saturated heterocycles. The molecule has 0 saturated carbocycles. The van der Waals surface area contributed by atoms with E-state index in [0.717, 1.165) is 11.0 Å². The molecule has 0 N–H and O–H groups in total. The average Bonchev–Trinajstić information content (AvgIpc) is 1.99. The fraction of sp³-hybridized carbons (Fsp3) is 0.818. The van der Waals surface area contributed by atoms with Gasteiger partial charge in [0.25, 0.3) is 0 Å². The van der Waals surface area contributed by atoms with E-state index in [2.05, 4.69) is 69.5 Å². The Labute approximate surface area is 104 Å². The molecule has 0 aromatic heterocycles. The maximum absolute atomic E-state index is 6.08. The molecular weight excluding hydrogens is 303 g/mol. The zero-order valence-electron chi connectivity index (χ0n) is 10.3. The number of allylic oxidation sites excluding steroid dienone is 1. The van der Waals surface area contributed by atoms with Crippen LogP contribution in [0, 0.1) is 0 Å². The number of hydrogen-bond donors (Lipinski definition) is 0. The van der Waals surface area contributed by atoms with E-state index in [1.54, 1.807) is 0 Å². The van der Waals surface area contributed by atoms with E-state index in [0.29, 0.717) is 5.04 Å². The fourth-order valence-corrected chi connectivity index (χ4v) is 2.47.